The van der Waals surface area contributed by atoms with E-state index in [1.807, 2.05) is 42.5 Å². The summed E-state index contributed by atoms with van der Waals surface area (Å²) < 4.78 is 11.9. The van der Waals surface area contributed by atoms with Gasteiger partial charge in [-0.3, -0.25) is 4.90 Å². The maximum absolute atomic E-state index is 9.27. The van der Waals surface area contributed by atoms with Gasteiger partial charge in [-0.2, -0.15) is 5.26 Å². The van der Waals surface area contributed by atoms with Crippen molar-refractivity contribution in [3.8, 4) is 11.8 Å². The summed E-state index contributed by atoms with van der Waals surface area (Å²) in [4.78, 5) is 2.22. The molecule has 114 valence electrons. The molecule has 23 heavy (non-hydrogen) atoms. The van der Waals surface area contributed by atoms with E-state index < -0.39 is 0 Å². The van der Waals surface area contributed by atoms with E-state index in [1.165, 1.54) is 5.56 Å². The van der Waals surface area contributed by atoms with E-state index in [0.29, 0.717) is 5.56 Å². The summed E-state index contributed by atoms with van der Waals surface area (Å²) in [5.41, 5.74) is 1.83. The average molecular weight is 304 g/mol. The smallest absolute Gasteiger partial charge is 0.169 e. The van der Waals surface area contributed by atoms with Gasteiger partial charge in [0.2, 0.25) is 0 Å². The molecule has 0 saturated carbocycles. The van der Waals surface area contributed by atoms with Crippen molar-refractivity contribution in [2.75, 3.05) is 13.6 Å². The van der Waals surface area contributed by atoms with Crippen molar-refractivity contribution >= 4 is 10.8 Å². The number of nitrogens with zero attached hydrogens (tertiary/aromatic N) is 2. The zero-order valence-electron chi connectivity index (χ0n) is 12.8. The van der Waals surface area contributed by atoms with Crippen LogP contribution in [0.2, 0.25) is 0 Å². The van der Waals surface area contributed by atoms with Gasteiger partial charge in [-0.15, -0.1) is 0 Å². The Labute approximate surface area is 134 Å². The highest BCUT2D eigenvalue weighted by Gasteiger charge is 2.28. The van der Waals surface area contributed by atoms with E-state index in [4.69, 9.17) is 9.15 Å². The Kier molecular flexibility index (Phi) is 3.29. The number of ether oxygens (including phenoxy) is 1. The van der Waals surface area contributed by atoms with E-state index in [9.17, 15) is 5.26 Å². The quantitative estimate of drug-likeness (QED) is 0.721. The molecule has 0 amide bonds. The fourth-order valence-electron chi connectivity index (χ4n) is 3.20. The second kappa shape index (κ2) is 5.45. The van der Waals surface area contributed by atoms with Crippen LogP contribution in [0.15, 0.2) is 53.1 Å². The van der Waals surface area contributed by atoms with Gasteiger partial charge in [-0.05, 0) is 25.2 Å². The third-order valence-corrected chi connectivity index (χ3v) is 4.26. The molecular weight excluding hydrogens is 288 g/mol. The van der Waals surface area contributed by atoms with Gasteiger partial charge in [-0.1, -0.05) is 24.3 Å². The van der Waals surface area contributed by atoms with Crippen molar-refractivity contribution in [2.45, 2.75) is 12.6 Å². The van der Waals surface area contributed by atoms with Crippen LogP contribution in [0.1, 0.15) is 23.0 Å². The molecule has 2 aromatic carbocycles. The summed E-state index contributed by atoms with van der Waals surface area (Å²) in [6.07, 6.45) is 1.58. The lowest BCUT2D eigenvalue weighted by molar-refractivity contribution is 0.108. The van der Waals surface area contributed by atoms with E-state index in [2.05, 4.69) is 18.0 Å². The zero-order valence-corrected chi connectivity index (χ0v) is 12.8. The third-order valence-electron chi connectivity index (χ3n) is 4.26. The van der Waals surface area contributed by atoms with Gasteiger partial charge in [0.05, 0.1) is 17.9 Å². The van der Waals surface area contributed by atoms with Crippen LogP contribution in [0.4, 0.5) is 0 Å². The topological polar surface area (TPSA) is 49.4 Å². The van der Waals surface area contributed by atoms with Crippen molar-refractivity contribution in [1.82, 2.24) is 4.90 Å². The largest absolute Gasteiger partial charge is 0.480 e. The monoisotopic (exact) mass is 304 g/mol. The molecule has 1 aliphatic heterocycles. The van der Waals surface area contributed by atoms with E-state index in [-0.39, 0.29) is 6.10 Å². The normalized spacial score (nSPS) is 17.7. The second-order valence-electron chi connectivity index (χ2n) is 5.88. The third kappa shape index (κ3) is 2.36. The van der Waals surface area contributed by atoms with Gasteiger partial charge >= 0.3 is 0 Å². The summed E-state index contributed by atoms with van der Waals surface area (Å²) in [6.45, 7) is 1.65. The summed E-state index contributed by atoms with van der Waals surface area (Å²) >= 11 is 0. The van der Waals surface area contributed by atoms with E-state index >= 15 is 0 Å². The number of nitriles is 1. The summed E-state index contributed by atoms with van der Waals surface area (Å²) in [7, 11) is 2.07. The first-order chi connectivity index (χ1) is 11.3. The molecule has 0 saturated heterocycles. The Morgan fingerprint density at radius 3 is 2.83 bits per heavy atom. The average Bonchev–Trinajstić information content (AvgIpc) is 3.03. The van der Waals surface area contributed by atoms with Crippen LogP contribution in [0.5, 0.6) is 5.75 Å². The maximum atomic E-state index is 9.27. The van der Waals surface area contributed by atoms with Crippen LogP contribution in [0.3, 0.4) is 0 Å². The molecule has 0 spiro atoms. The minimum atomic E-state index is -0.143. The second-order valence-corrected chi connectivity index (χ2v) is 5.88. The van der Waals surface area contributed by atoms with Crippen LogP contribution in [0.25, 0.3) is 10.8 Å². The minimum absolute atomic E-state index is 0.143. The van der Waals surface area contributed by atoms with Gasteiger partial charge < -0.3 is 9.15 Å². The van der Waals surface area contributed by atoms with Crippen LogP contribution in [-0.2, 0) is 6.54 Å². The van der Waals surface area contributed by atoms with Gasteiger partial charge in [0.25, 0.3) is 0 Å². The number of rotatable bonds is 2. The van der Waals surface area contributed by atoms with Gasteiger partial charge in [0.15, 0.2) is 6.10 Å². The highest BCUT2D eigenvalue weighted by molar-refractivity contribution is 5.92. The fourth-order valence-corrected chi connectivity index (χ4v) is 3.20. The fraction of sp³-hybridized carbons (Fsp3) is 0.211. The Balaban J connectivity index is 1.76. The first-order valence-electron chi connectivity index (χ1n) is 7.59. The lowest BCUT2D eigenvalue weighted by Gasteiger charge is -2.29. The Bertz CT molecular complexity index is 907. The van der Waals surface area contributed by atoms with Gasteiger partial charge in [0.1, 0.15) is 11.5 Å². The SMILES string of the molecule is CN1Cc2ccoc2C(Oc2ccc(C#N)c3ccccc23)C1. The molecule has 0 radical (unpaired) electrons. The number of benzene rings is 2. The van der Waals surface area contributed by atoms with Crippen molar-refractivity contribution in [2.24, 2.45) is 0 Å². The molecule has 1 aromatic heterocycles. The summed E-state index contributed by atoms with van der Waals surface area (Å²) in [6, 6.07) is 15.8. The van der Waals surface area contributed by atoms with Gasteiger partial charge in [-0.25, -0.2) is 0 Å². The standard InChI is InChI=1S/C19H16N2O2/c1-21-11-14-8-9-22-19(14)18(12-21)23-17-7-6-13(10-20)15-4-2-3-5-16(15)17/h2-9,18H,11-12H2,1H3. The molecule has 4 heteroatoms. The van der Waals surface area contributed by atoms with Crippen LogP contribution in [0, 0.1) is 11.3 Å². The number of hydrogen-bond donors (Lipinski definition) is 0. The molecule has 2 heterocycles. The van der Waals surface area contributed by atoms with Crippen LogP contribution < -0.4 is 4.74 Å². The Morgan fingerprint density at radius 2 is 2.00 bits per heavy atom. The highest BCUT2D eigenvalue weighted by Crippen LogP contribution is 2.35. The molecule has 0 N–H and O–H groups in total. The van der Waals surface area contributed by atoms with Crippen molar-refractivity contribution in [3.63, 3.8) is 0 Å². The molecule has 1 unspecified atom stereocenters. The summed E-state index contributed by atoms with van der Waals surface area (Å²) in [5.74, 6) is 1.68. The Hall–Kier alpha value is -2.77. The van der Waals surface area contributed by atoms with Crippen LogP contribution in [-0.4, -0.2) is 18.5 Å². The lowest BCUT2D eigenvalue weighted by atomic mass is 10.0. The number of furan rings is 1. The molecule has 0 aliphatic carbocycles. The van der Waals surface area contributed by atoms with E-state index in [0.717, 1.165) is 35.4 Å². The molecule has 1 aliphatic rings. The molecule has 3 aromatic rings. The maximum Gasteiger partial charge on any atom is 0.169 e. The molecule has 1 atom stereocenters. The van der Waals surface area contributed by atoms with Crippen LogP contribution >= 0.6 is 0 Å². The van der Waals surface area contributed by atoms with Gasteiger partial charge in [0, 0.05) is 29.4 Å². The number of hydrogen-bond acceptors (Lipinski definition) is 4. The predicted octanol–water partition coefficient (Wildman–Crippen LogP) is 3.87. The summed E-state index contributed by atoms with van der Waals surface area (Å²) in [5, 5.41) is 11.1. The zero-order chi connectivity index (χ0) is 15.8. The molecular formula is C19H16N2O2. The molecule has 4 nitrogen and oxygen atoms in total. The number of fused-ring (bicyclic) bond motifs is 2. The Morgan fingerprint density at radius 1 is 1.17 bits per heavy atom. The highest BCUT2D eigenvalue weighted by atomic mass is 16.5. The minimum Gasteiger partial charge on any atom is -0.480 e. The first kappa shape index (κ1) is 13.9. The van der Waals surface area contributed by atoms with Crippen molar-refractivity contribution in [3.05, 3.63) is 65.6 Å². The lowest BCUT2D eigenvalue weighted by Crippen LogP contribution is -2.32. The van der Waals surface area contributed by atoms with Crippen molar-refractivity contribution < 1.29 is 9.15 Å². The van der Waals surface area contributed by atoms with E-state index in [1.54, 1.807) is 6.26 Å². The predicted molar refractivity (Wildman–Crippen MR) is 87.1 cm³/mol. The van der Waals surface area contributed by atoms with Crippen molar-refractivity contribution in [1.29, 1.82) is 5.26 Å². The molecule has 4 rings (SSSR count). The number of likely N-dealkylation sites (N-methyl/N-ethyl adjacent to an activating group) is 1. The molecule has 0 bridgehead atoms. The molecule has 0 fully saturated rings. The first-order valence-corrected chi connectivity index (χ1v) is 7.59.